The molecule has 1 aromatic rings. The van der Waals surface area contributed by atoms with E-state index in [9.17, 15) is 4.79 Å². The highest BCUT2D eigenvalue weighted by Crippen LogP contribution is 2.26. The van der Waals surface area contributed by atoms with E-state index >= 15 is 0 Å². The molecule has 1 aromatic heterocycles. The molecule has 1 amide bonds. The van der Waals surface area contributed by atoms with E-state index in [4.69, 9.17) is 0 Å². The van der Waals surface area contributed by atoms with E-state index in [-0.39, 0.29) is 5.91 Å². The van der Waals surface area contributed by atoms with Gasteiger partial charge in [0, 0.05) is 25.0 Å². The number of aromatic nitrogens is 1. The molecule has 0 spiro atoms. The number of rotatable bonds is 2. The third-order valence-electron chi connectivity index (χ3n) is 3.00. The van der Waals surface area contributed by atoms with Crippen LogP contribution in [0.1, 0.15) is 34.5 Å². The van der Waals surface area contributed by atoms with E-state index < -0.39 is 0 Å². The van der Waals surface area contributed by atoms with Gasteiger partial charge in [0.05, 0.1) is 5.56 Å². The normalized spacial score (nSPS) is 15.1. The molecule has 2 rings (SSSR count). The fourth-order valence-electron chi connectivity index (χ4n) is 1.59. The topological polar surface area (TPSA) is 33.2 Å². The van der Waals surface area contributed by atoms with Crippen LogP contribution in [0.2, 0.25) is 0 Å². The van der Waals surface area contributed by atoms with E-state index in [1.807, 2.05) is 31.9 Å². The number of hydrogen-bond acceptors (Lipinski definition) is 2. The average Bonchev–Trinajstić information content (AvgIpc) is 3.03. The van der Waals surface area contributed by atoms with Crippen molar-refractivity contribution in [3.63, 3.8) is 0 Å². The van der Waals surface area contributed by atoms with Crippen molar-refractivity contribution in [2.75, 3.05) is 7.05 Å². The summed E-state index contributed by atoms with van der Waals surface area (Å²) in [6, 6.07) is 2.38. The summed E-state index contributed by atoms with van der Waals surface area (Å²) >= 11 is 0. The maximum absolute atomic E-state index is 12.0. The van der Waals surface area contributed by atoms with Gasteiger partial charge in [-0.05, 0) is 38.3 Å². The molecule has 3 nitrogen and oxygen atoms in total. The molecule has 80 valence electrons. The van der Waals surface area contributed by atoms with Crippen molar-refractivity contribution >= 4 is 5.91 Å². The Labute approximate surface area is 90.1 Å². The first kappa shape index (κ1) is 10.1. The first-order valence-corrected chi connectivity index (χ1v) is 5.30. The fraction of sp³-hybridized carbons (Fsp3) is 0.500. The van der Waals surface area contributed by atoms with Gasteiger partial charge in [-0.3, -0.25) is 9.78 Å². The number of hydrogen-bond donors (Lipinski definition) is 0. The number of pyridine rings is 1. The van der Waals surface area contributed by atoms with Gasteiger partial charge in [0.25, 0.3) is 5.91 Å². The Kier molecular flexibility index (Phi) is 2.47. The fourth-order valence-corrected chi connectivity index (χ4v) is 1.59. The van der Waals surface area contributed by atoms with Crippen LogP contribution in [0.25, 0.3) is 0 Å². The Hall–Kier alpha value is -1.38. The van der Waals surface area contributed by atoms with Crippen molar-refractivity contribution < 1.29 is 4.79 Å². The van der Waals surface area contributed by atoms with Crippen molar-refractivity contribution in [2.24, 2.45) is 0 Å². The van der Waals surface area contributed by atoms with Crippen LogP contribution >= 0.6 is 0 Å². The van der Waals surface area contributed by atoms with Gasteiger partial charge in [-0.15, -0.1) is 0 Å². The molecule has 0 bridgehead atoms. The summed E-state index contributed by atoms with van der Waals surface area (Å²) in [7, 11) is 1.87. The van der Waals surface area contributed by atoms with Gasteiger partial charge < -0.3 is 4.90 Å². The smallest absolute Gasteiger partial charge is 0.255 e. The molecule has 0 aliphatic heterocycles. The number of carbonyl (C=O) groups excluding carboxylic acids is 1. The highest BCUT2D eigenvalue weighted by molar-refractivity contribution is 5.94. The van der Waals surface area contributed by atoms with Gasteiger partial charge in [0.2, 0.25) is 0 Å². The molecule has 15 heavy (non-hydrogen) atoms. The molecule has 1 aliphatic carbocycles. The van der Waals surface area contributed by atoms with Crippen molar-refractivity contribution in [1.29, 1.82) is 0 Å². The molecule has 0 saturated heterocycles. The lowest BCUT2D eigenvalue weighted by atomic mass is 10.1. The maximum Gasteiger partial charge on any atom is 0.255 e. The zero-order chi connectivity index (χ0) is 11.0. The summed E-state index contributed by atoms with van der Waals surface area (Å²) in [6.45, 7) is 3.93. The maximum atomic E-state index is 12.0. The van der Waals surface area contributed by atoms with Crippen molar-refractivity contribution in [1.82, 2.24) is 9.88 Å². The summed E-state index contributed by atoms with van der Waals surface area (Å²) in [5.41, 5.74) is 2.76. The lowest BCUT2D eigenvalue weighted by Crippen LogP contribution is -2.28. The van der Waals surface area contributed by atoms with Crippen molar-refractivity contribution in [3.8, 4) is 0 Å². The molecule has 0 atom stereocenters. The molecule has 0 N–H and O–H groups in total. The van der Waals surface area contributed by atoms with E-state index in [2.05, 4.69) is 4.98 Å². The Morgan fingerprint density at radius 1 is 1.47 bits per heavy atom. The summed E-state index contributed by atoms with van der Waals surface area (Å²) in [4.78, 5) is 18.0. The second-order valence-electron chi connectivity index (χ2n) is 4.27. The summed E-state index contributed by atoms with van der Waals surface area (Å²) in [5, 5.41) is 0. The van der Waals surface area contributed by atoms with Crippen LogP contribution < -0.4 is 0 Å². The Morgan fingerprint density at radius 3 is 2.67 bits per heavy atom. The van der Waals surface area contributed by atoms with Crippen LogP contribution in [-0.4, -0.2) is 28.9 Å². The number of carbonyl (C=O) groups is 1. The van der Waals surface area contributed by atoms with E-state index in [1.165, 1.54) is 0 Å². The number of nitrogens with zero attached hydrogens (tertiary/aromatic N) is 2. The first-order valence-electron chi connectivity index (χ1n) is 5.30. The zero-order valence-electron chi connectivity index (χ0n) is 9.45. The predicted molar refractivity (Wildman–Crippen MR) is 58.8 cm³/mol. The first-order chi connectivity index (χ1) is 7.09. The lowest BCUT2D eigenvalue weighted by Gasteiger charge is -2.16. The predicted octanol–water partition coefficient (Wildman–Crippen LogP) is 1.93. The molecule has 1 fully saturated rings. The minimum Gasteiger partial charge on any atom is -0.339 e. The highest BCUT2D eigenvalue weighted by Gasteiger charge is 2.30. The van der Waals surface area contributed by atoms with Crippen LogP contribution in [0.3, 0.4) is 0 Å². The second-order valence-corrected chi connectivity index (χ2v) is 4.27. The Balaban J connectivity index is 2.21. The standard InChI is InChI=1S/C12H16N2O/c1-8-6-10(7-13-9(8)2)12(15)14(3)11-4-5-11/h6-7,11H,4-5H2,1-3H3. The van der Waals surface area contributed by atoms with Gasteiger partial charge in [-0.2, -0.15) is 0 Å². The minimum absolute atomic E-state index is 0.0908. The van der Waals surface area contributed by atoms with E-state index in [1.54, 1.807) is 6.20 Å². The van der Waals surface area contributed by atoms with Crippen LogP contribution in [0.5, 0.6) is 0 Å². The number of aryl methyl sites for hydroxylation is 2. The summed E-state index contributed by atoms with van der Waals surface area (Å²) in [5.74, 6) is 0.0908. The van der Waals surface area contributed by atoms with Gasteiger partial charge in [0.15, 0.2) is 0 Å². The molecule has 0 aromatic carbocycles. The van der Waals surface area contributed by atoms with Crippen LogP contribution in [-0.2, 0) is 0 Å². The molecule has 0 radical (unpaired) electrons. The van der Waals surface area contributed by atoms with E-state index in [0.29, 0.717) is 11.6 Å². The molecule has 0 unspecified atom stereocenters. The van der Waals surface area contributed by atoms with Crippen LogP contribution in [0.15, 0.2) is 12.3 Å². The molecule has 3 heteroatoms. The molecule has 1 aliphatic rings. The zero-order valence-corrected chi connectivity index (χ0v) is 9.45. The molecule has 1 heterocycles. The molecular weight excluding hydrogens is 188 g/mol. The SMILES string of the molecule is Cc1cc(C(=O)N(C)C2CC2)cnc1C. The summed E-state index contributed by atoms with van der Waals surface area (Å²) in [6.07, 6.45) is 3.95. The largest absolute Gasteiger partial charge is 0.339 e. The summed E-state index contributed by atoms with van der Waals surface area (Å²) < 4.78 is 0. The third-order valence-corrected chi connectivity index (χ3v) is 3.00. The molecule has 1 saturated carbocycles. The average molecular weight is 204 g/mol. The van der Waals surface area contributed by atoms with E-state index in [0.717, 1.165) is 24.1 Å². The van der Waals surface area contributed by atoms with Crippen molar-refractivity contribution in [2.45, 2.75) is 32.7 Å². The quantitative estimate of drug-likeness (QED) is 0.737. The van der Waals surface area contributed by atoms with Gasteiger partial charge >= 0.3 is 0 Å². The van der Waals surface area contributed by atoms with Gasteiger partial charge in [-0.1, -0.05) is 0 Å². The Bertz CT molecular complexity index is 397. The Morgan fingerprint density at radius 2 is 2.13 bits per heavy atom. The highest BCUT2D eigenvalue weighted by atomic mass is 16.2. The van der Waals surface area contributed by atoms with Gasteiger partial charge in [0.1, 0.15) is 0 Å². The minimum atomic E-state index is 0.0908. The number of amides is 1. The lowest BCUT2D eigenvalue weighted by molar-refractivity contribution is 0.0784. The second kappa shape index (κ2) is 3.65. The van der Waals surface area contributed by atoms with Crippen LogP contribution in [0, 0.1) is 13.8 Å². The molecular formula is C12H16N2O. The van der Waals surface area contributed by atoms with Crippen molar-refractivity contribution in [3.05, 3.63) is 29.1 Å². The van der Waals surface area contributed by atoms with Gasteiger partial charge in [-0.25, -0.2) is 0 Å². The third kappa shape index (κ3) is 2.01. The van der Waals surface area contributed by atoms with Crippen LogP contribution in [0.4, 0.5) is 0 Å². The monoisotopic (exact) mass is 204 g/mol.